The Balaban J connectivity index is 1.66. The van der Waals surface area contributed by atoms with E-state index in [1.165, 1.54) is 26.0 Å². The molecule has 0 N–H and O–H groups in total. The fourth-order valence-corrected chi connectivity index (χ4v) is 6.94. The maximum atomic E-state index is 15.3. The highest BCUT2D eigenvalue weighted by molar-refractivity contribution is 7.12. The van der Waals surface area contributed by atoms with E-state index in [-0.39, 0.29) is 11.1 Å². The lowest BCUT2D eigenvalue weighted by Gasteiger charge is -2.25. The smallest absolute Gasteiger partial charge is 0.194 e. The molecule has 8 heteroatoms. The van der Waals surface area contributed by atoms with E-state index in [1.54, 1.807) is 0 Å². The monoisotopic (exact) mass is 548 g/mol. The normalized spacial score (nSPS) is 17.9. The molecule has 2 aromatic heterocycles. The number of rotatable bonds is 6. The first-order valence-electron chi connectivity index (χ1n) is 11.6. The highest BCUT2D eigenvalue weighted by Crippen LogP contribution is 2.65. The maximum absolute atomic E-state index is 15.3. The minimum atomic E-state index is -5.56. The van der Waals surface area contributed by atoms with Crippen LogP contribution < -0.4 is 0 Å². The van der Waals surface area contributed by atoms with Gasteiger partial charge in [-0.2, -0.15) is 26.3 Å². The molecule has 0 radical (unpaired) electrons. The van der Waals surface area contributed by atoms with Crippen molar-refractivity contribution in [1.29, 1.82) is 0 Å². The van der Waals surface area contributed by atoms with Crippen molar-refractivity contribution >= 4 is 33.8 Å². The lowest BCUT2D eigenvalue weighted by molar-refractivity contribution is -0.254. The molecule has 0 saturated carbocycles. The third-order valence-electron chi connectivity index (χ3n) is 6.59. The summed E-state index contributed by atoms with van der Waals surface area (Å²) in [5.41, 5.74) is -1.24. The van der Waals surface area contributed by atoms with Crippen LogP contribution in [-0.4, -0.2) is 17.8 Å². The summed E-state index contributed by atoms with van der Waals surface area (Å²) < 4.78 is 90.9. The zero-order chi connectivity index (χ0) is 26.6. The Bertz CT molecular complexity index is 1350. The van der Waals surface area contributed by atoms with Crippen molar-refractivity contribution in [3.8, 4) is 0 Å². The number of hydrogen-bond acceptors (Lipinski definition) is 2. The van der Waals surface area contributed by atoms with Crippen molar-refractivity contribution in [2.45, 2.75) is 44.5 Å². The average molecular weight is 549 g/mol. The molecule has 0 unspecified atom stereocenters. The van der Waals surface area contributed by atoms with Crippen LogP contribution in [0.3, 0.4) is 0 Å². The van der Waals surface area contributed by atoms with E-state index in [0.717, 1.165) is 33.8 Å². The van der Waals surface area contributed by atoms with Crippen molar-refractivity contribution < 1.29 is 26.3 Å². The minimum Gasteiger partial charge on any atom is -0.194 e. The van der Waals surface area contributed by atoms with Crippen LogP contribution >= 0.6 is 22.7 Å². The summed E-state index contributed by atoms with van der Waals surface area (Å²) in [5, 5.41) is 0. The first kappa shape index (κ1) is 25.8. The van der Waals surface area contributed by atoms with Crippen LogP contribution in [0.5, 0.6) is 0 Å². The lowest BCUT2D eigenvalue weighted by Crippen LogP contribution is -2.48. The summed E-state index contributed by atoms with van der Waals surface area (Å²) in [6.07, 6.45) is 0.762. The number of aryl methyl sites for hydroxylation is 2. The fourth-order valence-electron chi connectivity index (χ4n) is 4.78. The van der Waals surface area contributed by atoms with Crippen LogP contribution in [0, 0.1) is 13.8 Å². The molecule has 0 spiro atoms. The van der Waals surface area contributed by atoms with E-state index in [4.69, 9.17) is 0 Å². The van der Waals surface area contributed by atoms with E-state index >= 15 is 17.6 Å². The molecule has 0 atom stereocenters. The molecule has 0 nitrogen and oxygen atoms in total. The number of alkyl halides is 6. The van der Waals surface area contributed by atoms with Crippen molar-refractivity contribution in [2.75, 3.05) is 0 Å². The predicted molar refractivity (Wildman–Crippen MR) is 138 cm³/mol. The van der Waals surface area contributed by atoms with Gasteiger partial charge in [-0.05, 0) is 48.2 Å². The lowest BCUT2D eigenvalue weighted by atomic mass is 9.94. The average Bonchev–Trinajstić information content (AvgIpc) is 3.41. The molecule has 37 heavy (non-hydrogen) atoms. The number of benzene rings is 2. The number of thiophene rings is 2. The summed E-state index contributed by atoms with van der Waals surface area (Å²) in [7, 11) is 0. The number of allylic oxidation sites excluding steroid dienone is 2. The van der Waals surface area contributed by atoms with Crippen molar-refractivity contribution in [2.24, 2.45) is 0 Å². The van der Waals surface area contributed by atoms with Gasteiger partial charge in [-0.3, -0.25) is 0 Å². The Labute approximate surface area is 218 Å². The van der Waals surface area contributed by atoms with Gasteiger partial charge >= 0.3 is 17.8 Å². The topological polar surface area (TPSA) is 0 Å². The Morgan fingerprint density at radius 3 is 1.27 bits per heavy atom. The number of halogens is 6. The summed E-state index contributed by atoms with van der Waals surface area (Å²) in [5.74, 6) is -15.7. The second-order valence-electron chi connectivity index (χ2n) is 9.16. The zero-order valence-corrected chi connectivity index (χ0v) is 21.6. The molecular formula is C29H22F6S2. The molecule has 0 amide bonds. The molecule has 192 valence electrons. The summed E-state index contributed by atoms with van der Waals surface area (Å²) >= 11 is 2.30. The second-order valence-corrected chi connectivity index (χ2v) is 11.8. The Morgan fingerprint density at radius 1 is 0.568 bits per heavy atom. The summed E-state index contributed by atoms with van der Waals surface area (Å²) in [6.45, 7) is 3.01. The van der Waals surface area contributed by atoms with E-state index in [9.17, 15) is 8.78 Å². The second kappa shape index (κ2) is 9.17. The molecule has 0 saturated heterocycles. The predicted octanol–water partition coefficient (Wildman–Crippen LogP) is 9.44. The van der Waals surface area contributed by atoms with Crippen molar-refractivity contribution in [3.05, 3.63) is 115 Å². The maximum Gasteiger partial charge on any atom is 0.380 e. The van der Waals surface area contributed by atoms with Gasteiger partial charge < -0.3 is 0 Å². The van der Waals surface area contributed by atoms with Crippen LogP contribution in [0.4, 0.5) is 26.3 Å². The Morgan fingerprint density at radius 2 is 0.919 bits per heavy atom. The van der Waals surface area contributed by atoms with Gasteiger partial charge in [0.15, 0.2) is 0 Å². The largest absolute Gasteiger partial charge is 0.380 e. The van der Waals surface area contributed by atoms with Crippen LogP contribution in [0.15, 0.2) is 72.8 Å². The summed E-state index contributed by atoms with van der Waals surface area (Å²) in [4.78, 5) is 1.85. The van der Waals surface area contributed by atoms with E-state index < -0.39 is 28.9 Å². The Kier molecular flexibility index (Phi) is 6.39. The van der Waals surface area contributed by atoms with E-state index in [0.29, 0.717) is 32.4 Å². The molecule has 0 aliphatic heterocycles. The van der Waals surface area contributed by atoms with Gasteiger partial charge in [0.2, 0.25) is 0 Å². The third-order valence-corrected chi connectivity index (χ3v) is 8.69. The molecule has 2 heterocycles. The van der Waals surface area contributed by atoms with E-state index in [1.807, 2.05) is 60.7 Å². The van der Waals surface area contributed by atoms with Gasteiger partial charge in [-0.15, -0.1) is 22.7 Å². The van der Waals surface area contributed by atoms with Gasteiger partial charge in [0.25, 0.3) is 0 Å². The van der Waals surface area contributed by atoms with Crippen LogP contribution in [0.25, 0.3) is 11.1 Å². The highest BCUT2D eigenvalue weighted by Gasteiger charge is 2.80. The molecule has 0 fully saturated rings. The van der Waals surface area contributed by atoms with Crippen LogP contribution in [0.2, 0.25) is 0 Å². The van der Waals surface area contributed by atoms with Crippen LogP contribution in [-0.2, 0) is 12.8 Å². The number of hydrogen-bond donors (Lipinski definition) is 0. The quantitative estimate of drug-likeness (QED) is 0.211. The van der Waals surface area contributed by atoms with Gasteiger partial charge in [-0.1, -0.05) is 60.7 Å². The van der Waals surface area contributed by atoms with Crippen molar-refractivity contribution in [3.63, 3.8) is 0 Å². The summed E-state index contributed by atoms with van der Waals surface area (Å²) in [6, 6.07) is 21.1. The minimum absolute atomic E-state index is 0.247. The Hall–Kier alpha value is -2.84. The molecule has 1 aliphatic rings. The van der Waals surface area contributed by atoms with Gasteiger partial charge in [-0.25, -0.2) is 0 Å². The molecule has 0 bridgehead atoms. The SMILES string of the molecule is Cc1sc(Cc2ccccc2)cc1C1=C(c2cc(Cc3ccccc3)sc2C)C(F)(F)C(F)(F)C1(F)F. The highest BCUT2D eigenvalue weighted by atomic mass is 32.1. The standard InChI is InChI=1S/C29H22F6S2/c1-17-23(15-21(36-17)13-19-9-5-3-6-10-19)25-26(28(32,33)29(34,35)27(25,30)31)24-16-22(37-18(24)2)14-20-11-7-4-8-12-20/h3-12,15-16H,13-14H2,1-2H3. The van der Waals surface area contributed by atoms with Crippen LogP contribution in [0.1, 0.15) is 41.8 Å². The molecule has 1 aliphatic carbocycles. The molecule has 2 aromatic carbocycles. The first-order chi connectivity index (χ1) is 17.4. The van der Waals surface area contributed by atoms with Gasteiger partial charge in [0.05, 0.1) is 0 Å². The molecular weight excluding hydrogens is 526 g/mol. The van der Waals surface area contributed by atoms with Gasteiger partial charge in [0.1, 0.15) is 0 Å². The van der Waals surface area contributed by atoms with E-state index in [2.05, 4.69) is 0 Å². The molecule has 4 aromatic rings. The van der Waals surface area contributed by atoms with Crippen molar-refractivity contribution in [1.82, 2.24) is 0 Å². The zero-order valence-electron chi connectivity index (χ0n) is 19.9. The third kappa shape index (κ3) is 4.24. The van der Waals surface area contributed by atoms with Gasteiger partial charge in [0, 0.05) is 43.5 Å². The molecule has 5 rings (SSSR count). The first-order valence-corrected chi connectivity index (χ1v) is 13.2. The fraction of sp³-hybridized carbons (Fsp3) is 0.241.